The number of para-hydroxylation sites is 2. The first-order valence-corrected chi connectivity index (χ1v) is 24.8. The van der Waals surface area contributed by atoms with Crippen LogP contribution in [0, 0.1) is 32.2 Å². The molecule has 6 heteroatoms. The van der Waals surface area contributed by atoms with E-state index in [0.29, 0.717) is 39.3 Å². The van der Waals surface area contributed by atoms with Crippen molar-refractivity contribution >= 4 is 32.8 Å². The minimum atomic E-state index is -2.86. The molecule has 9 aromatic carbocycles. The van der Waals surface area contributed by atoms with Gasteiger partial charge in [-0.3, -0.25) is 4.57 Å². The van der Waals surface area contributed by atoms with E-state index in [2.05, 4.69) is 82.8 Å². The molecular formula is C70H56N4OPt-2. The van der Waals surface area contributed by atoms with Gasteiger partial charge in [-0.25, -0.2) is 4.98 Å². The van der Waals surface area contributed by atoms with Crippen LogP contribution in [0.25, 0.3) is 106 Å². The van der Waals surface area contributed by atoms with Gasteiger partial charge in [-0.2, -0.15) is 18.2 Å². The Hall–Kier alpha value is -8.11. The first-order chi connectivity index (χ1) is 42.0. The number of nitrogens with zero attached hydrogens (tertiary/aromatic N) is 4. The monoisotopic (exact) mass is 1180 g/mol. The van der Waals surface area contributed by atoms with Crippen LogP contribution in [-0.2, 0) is 31.9 Å². The molecule has 0 bridgehead atoms. The van der Waals surface area contributed by atoms with Crippen LogP contribution in [0.2, 0.25) is 0 Å². The number of ether oxygens (including phenoxy) is 1. The zero-order valence-corrected chi connectivity index (χ0v) is 44.6. The Morgan fingerprint density at radius 2 is 1.18 bits per heavy atom. The van der Waals surface area contributed by atoms with Crippen LogP contribution in [0.3, 0.4) is 0 Å². The van der Waals surface area contributed by atoms with Crippen molar-refractivity contribution in [3.8, 4) is 84.3 Å². The zero-order chi connectivity index (χ0) is 63.3. The second-order valence-corrected chi connectivity index (χ2v) is 21.0. The second-order valence-electron chi connectivity index (χ2n) is 21.0. The quantitative estimate of drug-likeness (QED) is 0.123. The van der Waals surface area contributed by atoms with Crippen molar-refractivity contribution in [3.63, 3.8) is 0 Å². The summed E-state index contributed by atoms with van der Waals surface area (Å²) in [5, 5.41) is 1.95. The molecule has 13 rings (SSSR count). The summed E-state index contributed by atoms with van der Waals surface area (Å²) in [6, 6.07) is 43.7. The van der Waals surface area contributed by atoms with E-state index in [9.17, 15) is 8.22 Å². The van der Waals surface area contributed by atoms with Crippen LogP contribution in [0.15, 0.2) is 194 Å². The van der Waals surface area contributed by atoms with Gasteiger partial charge in [-0.05, 0) is 144 Å². The van der Waals surface area contributed by atoms with Crippen molar-refractivity contribution in [2.75, 3.05) is 0 Å². The molecule has 1 aliphatic rings. The van der Waals surface area contributed by atoms with E-state index in [1.165, 1.54) is 24.3 Å². The molecule has 12 aromatic rings. The van der Waals surface area contributed by atoms with Gasteiger partial charge in [0.25, 0.3) is 6.33 Å². The third-order valence-corrected chi connectivity index (χ3v) is 14.2. The number of hydrogen-bond donors (Lipinski definition) is 0. The van der Waals surface area contributed by atoms with E-state index in [-0.39, 0.29) is 93.2 Å². The van der Waals surface area contributed by atoms with Gasteiger partial charge in [0, 0.05) is 52.5 Å². The maximum Gasteiger partial charge on any atom is 0.268 e. The van der Waals surface area contributed by atoms with Crippen molar-refractivity contribution in [3.05, 3.63) is 235 Å². The van der Waals surface area contributed by atoms with Gasteiger partial charge in [0.1, 0.15) is 5.82 Å². The zero-order valence-electron chi connectivity index (χ0n) is 56.4. The molecule has 0 radical (unpaired) electrons. The summed E-state index contributed by atoms with van der Waals surface area (Å²) < 4.78 is 141. The maximum absolute atomic E-state index is 9.98. The average Bonchev–Trinajstić information content (AvgIpc) is 1.41. The van der Waals surface area contributed by atoms with Crippen LogP contribution < -0.4 is 9.30 Å². The maximum atomic E-state index is 9.98. The summed E-state index contributed by atoms with van der Waals surface area (Å²) in [5.74, 6) is 1.39. The number of imidazole rings is 1. The number of fused-ring (bicyclic) bond motifs is 10. The number of aryl methyl sites for hydroxylation is 2. The minimum absolute atomic E-state index is 0. The van der Waals surface area contributed by atoms with Gasteiger partial charge < -0.3 is 13.9 Å². The van der Waals surface area contributed by atoms with E-state index < -0.39 is 62.0 Å². The summed E-state index contributed by atoms with van der Waals surface area (Å²) >= 11 is 0. The molecule has 0 fully saturated rings. The molecule has 1 aliphatic heterocycles. The van der Waals surface area contributed by atoms with E-state index in [1.807, 2.05) is 66.9 Å². The number of hydrogen-bond acceptors (Lipinski definition) is 2. The van der Waals surface area contributed by atoms with Gasteiger partial charge >= 0.3 is 0 Å². The number of aromatic nitrogens is 4. The Balaban J connectivity index is 0.00000785. The standard InChI is InChI=1S/C70H56N4O.Pt/c1-44-18-15-19-45(2)66(44)47-38-60(46-30-32-48(33-31-46)69(3,4)5)67-61(39-47)56-25-12-10-23-54(56)53-22-9-11-24-55(53)59-27-17-29-63-68(59)73(67)43-72(63)50-20-16-21-51(41-50)75-52-34-35-58-57-26-13-14-28-62(57)74(64(58)42-52)65-40-49(36-37-71-65)70(6,7)8;/h9-40H,1-8H3;/q-2;/i1D3,2D3,9D,10D,11D,12D,22D,23D,24D,25D;. The molecule has 0 spiro atoms. The van der Waals surface area contributed by atoms with E-state index in [0.717, 1.165) is 38.8 Å². The fourth-order valence-corrected chi connectivity index (χ4v) is 10.5. The molecule has 0 N–H and O–H groups in total. The Labute approximate surface area is 479 Å². The van der Waals surface area contributed by atoms with Crippen LogP contribution >= 0.6 is 0 Å². The van der Waals surface area contributed by atoms with Crippen molar-refractivity contribution in [2.45, 2.75) is 66.1 Å². The molecule has 0 aliphatic carbocycles. The van der Waals surface area contributed by atoms with Crippen LogP contribution in [0.4, 0.5) is 0 Å². The Bertz CT molecular complexity index is 4940. The van der Waals surface area contributed by atoms with Crippen molar-refractivity contribution in [1.29, 1.82) is 0 Å². The molecule has 0 saturated carbocycles. The number of benzene rings is 9. The Morgan fingerprint density at radius 1 is 0.553 bits per heavy atom. The minimum Gasteiger partial charge on any atom is -0.510 e. The van der Waals surface area contributed by atoms with Crippen molar-refractivity contribution < 1.29 is 49.6 Å². The first kappa shape index (κ1) is 35.2. The van der Waals surface area contributed by atoms with Gasteiger partial charge in [0.15, 0.2) is 0 Å². The molecule has 374 valence electrons. The predicted molar refractivity (Wildman–Crippen MR) is 308 cm³/mol. The van der Waals surface area contributed by atoms with Crippen LogP contribution in [0.1, 0.15) is 83.0 Å². The van der Waals surface area contributed by atoms with Crippen LogP contribution in [-0.4, -0.2) is 14.1 Å². The molecule has 4 heterocycles. The van der Waals surface area contributed by atoms with E-state index in [4.69, 9.17) is 20.7 Å². The van der Waals surface area contributed by atoms with Gasteiger partial charge in [-0.1, -0.05) is 174 Å². The summed E-state index contributed by atoms with van der Waals surface area (Å²) in [6.45, 7) is 6.94. The largest absolute Gasteiger partial charge is 0.510 e. The molecule has 0 saturated heterocycles. The van der Waals surface area contributed by atoms with Gasteiger partial charge in [0.2, 0.25) is 0 Å². The average molecular weight is 1180 g/mol. The van der Waals surface area contributed by atoms with Crippen LogP contribution in [0.5, 0.6) is 11.5 Å². The Morgan fingerprint density at radius 3 is 1.89 bits per heavy atom. The van der Waals surface area contributed by atoms with Crippen molar-refractivity contribution in [2.24, 2.45) is 0 Å². The molecule has 3 aromatic heterocycles. The molecule has 0 atom stereocenters. The summed E-state index contributed by atoms with van der Waals surface area (Å²) in [6.07, 6.45) is 5.41. The fourth-order valence-electron chi connectivity index (χ4n) is 10.5. The SMILES string of the molecule is [2H]c1c([2H])c([2H])c2c(c1[2H])-c1cc(-c3c(C([2H])([2H])[2H])cccc3C([2H])([2H])[2H])cc(-c3ccc(C(C)(C)C)cc3)c1-[n+]1[c-]n(-c3[c-]c(Oc4[c-]c5c(cc4)c4ccccc4n5-c4cc(C(C)(C)C)ccn4)ccc3)c3cccc(c31)-c1c([2H])c([2H])c([2H])c([2H])c1-2.[Pt]. The summed E-state index contributed by atoms with van der Waals surface area (Å²) in [7, 11) is 0. The molecule has 76 heavy (non-hydrogen) atoms. The number of rotatable bonds is 6. The predicted octanol–water partition coefficient (Wildman–Crippen LogP) is 17.4. The van der Waals surface area contributed by atoms with E-state index >= 15 is 0 Å². The third kappa shape index (κ3) is 8.20. The molecule has 0 unspecified atom stereocenters. The molecular weight excluding hydrogens is 1110 g/mol. The van der Waals surface area contributed by atoms with Gasteiger partial charge in [0.05, 0.1) is 27.7 Å². The topological polar surface area (TPSA) is 35.9 Å². The Kier molecular flexibility index (Phi) is 8.62. The normalized spacial score (nSPS) is 15.1. The summed E-state index contributed by atoms with van der Waals surface area (Å²) in [5.41, 5.74) is 4.48. The second kappa shape index (κ2) is 18.6. The number of pyridine rings is 1. The first-order valence-electron chi connectivity index (χ1n) is 31.8. The van der Waals surface area contributed by atoms with Gasteiger partial charge in [-0.15, -0.1) is 29.7 Å². The third-order valence-electron chi connectivity index (χ3n) is 14.2. The summed E-state index contributed by atoms with van der Waals surface area (Å²) in [4.78, 5) is 4.84. The fraction of sp³-hybridized carbons (Fsp3) is 0.143. The van der Waals surface area contributed by atoms with Crippen molar-refractivity contribution in [1.82, 2.24) is 14.1 Å². The van der Waals surface area contributed by atoms with E-state index in [1.54, 1.807) is 45.5 Å². The smallest absolute Gasteiger partial charge is 0.268 e. The molecule has 5 nitrogen and oxygen atoms in total. The molecule has 0 amide bonds.